The van der Waals surface area contributed by atoms with Crippen molar-refractivity contribution in [1.82, 2.24) is 14.9 Å². The van der Waals surface area contributed by atoms with Crippen molar-refractivity contribution in [3.8, 4) is 11.3 Å². The molecule has 1 saturated heterocycles. The summed E-state index contributed by atoms with van der Waals surface area (Å²) in [5.41, 5.74) is 2.65. The van der Waals surface area contributed by atoms with E-state index in [9.17, 15) is 9.59 Å². The Morgan fingerprint density at radius 1 is 1.16 bits per heavy atom. The maximum atomic E-state index is 11.4. The van der Waals surface area contributed by atoms with E-state index in [0.717, 1.165) is 28.6 Å². The summed E-state index contributed by atoms with van der Waals surface area (Å²) in [4.78, 5) is 22.9. The lowest BCUT2D eigenvalue weighted by molar-refractivity contribution is -0.115. The monoisotopic (exact) mass is 289 g/mol. The molecule has 7 heteroatoms. The van der Waals surface area contributed by atoms with Crippen LogP contribution in [0.1, 0.15) is 5.56 Å². The van der Waals surface area contributed by atoms with Crippen molar-refractivity contribution < 1.29 is 9.59 Å². The van der Waals surface area contributed by atoms with Gasteiger partial charge >= 0.3 is 0 Å². The normalized spacial score (nSPS) is 16.9. The first-order valence-electron chi connectivity index (χ1n) is 5.35. The zero-order valence-electron chi connectivity index (χ0n) is 9.49. The molecule has 1 aromatic heterocycles. The lowest BCUT2D eigenvalue weighted by Gasteiger charge is -1.98. The lowest BCUT2D eigenvalue weighted by atomic mass is 10.1. The van der Waals surface area contributed by atoms with Gasteiger partial charge in [-0.25, -0.2) is 0 Å². The van der Waals surface area contributed by atoms with Crippen molar-refractivity contribution in [2.24, 2.45) is 0 Å². The van der Waals surface area contributed by atoms with E-state index in [1.165, 1.54) is 11.5 Å². The van der Waals surface area contributed by atoms with Gasteiger partial charge in [0.15, 0.2) is 0 Å². The molecular formula is C12H7N3O2S2. The van der Waals surface area contributed by atoms with Crippen LogP contribution in [0.15, 0.2) is 34.6 Å². The van der Waals surface area contributed by atoms with Gasteiger partial charge < -0.3 is 0 Å². The number of hydrogen-bond acceptors (Lipinski definition) is 6. The van der Waals surface area contributed by atoms with Gasteiger partial charge in [-0.3, -0.25) is 14.9 Å². The highest BCUT2D eigenvalue weighted by Crippen LogP contribution is 2.26. The maximum absolute atomic E-state index is 11.4. The average molecular weight is 289 g/mol. The van der Waals surface area contributed by atoms with Crippen LogP contribution in [0.4, 0.5) is 4.79 Å². The summed E-state index contributed by atoms with van der Waals surface area (Å²) in [6.07, 6.45) is 1.69. The highest BCUT2D eigenvalue weighted by atomic mass is 32.2. The second-order valence-electron chi connectivity index (χ2n) is 3.76. The smallest absolute Gasteiger partial charge is 0.282 e. The fourth-order valence-corrected chi connectivity index (χ4v) is 2.76. The van der Waals surface area contributed by atoms with Gasteiger partial charge in [0.2, 0.25) is 0 Å². The fourth-order valence-electron chi connectivity index (χ4n) is 1.61. The van der Waals surface area contributed by atoms with Gasteiger partial charge in [-0.05, 0) is 34.9 Å². The molecule has 2 heterocycles. The molecule has 0 aliphatic carbocycles. The molecule has 0 atom stereocenters. The number of aromatic nitrogens is 2. The molecule has 0 unspecified atom stereocenters. The molecule has 1 aliphatic heterocycles. The number of amides is 2. The van der Waals surface area contributed by atoms with E-state index in [1.807, 2.05) is 29.6 Å². The molecule has 0 spiro atoms. The quantitative estimate of drug-likeness (QED) is 0.860. The zero-order chi connectivity index (χ0) is 13.2. The standard InChI is InChI=1S/C12H7N3O2S2/c16-11-10(19-12(17)13-11)5-7-1-3-8(4-2-7)9-6-18-15-14-9/h1-6H,(H,13,16,17). The summed E-state index contributed by atoms with van der Waals surface area (Å²) in [6, 6.07) is 7.56. The first-order valence-corrected chi connectivity index (χ1v) is 7.00. The van der Waals surface area contributed by atoms with Crippen LogP contribution in [0, 0.1) is 0 Å². The molecule has 0 bridgehead atoms. The third-order valence-electron chi connectivity index (χ3n) is 2.51. The molecule has 0 saturated carbocycles. The number of carbonyl (C=O) groups is 2. The Kier molecular flexibility index (Phi) is 3.14. The van der Waals surface area contributed by atoms with E-state index in [0.29, 0.717) is 4.91 Å². The van der Waals surface area contributed by atoms with Crippen LogP contribution in [0.2, 0.25) is 0 Å². The minimum Gasteiger partial charge on any atom is -0.282 e. The van der Waals surface area contributed by atoms with Crippen molar-refractivity contribution in [2.45, 2.75) is 0 Å². The summed E-state index contributed by atoms with van der Waals surface area (Å²) in [5.74, 6) is -0.345. The number of carbonyl (C=O) groups excluding carboxylic acids is 2. The number of hydrogen-bond donors (Lipinski definition) is 1. The Balaban J connectivity index is 1.86. The Morgan fingerprint density at radius 2 is 1.95 bits per heavy atom. The molecule has 1 fully saturated rings. The van der Waals surface area contributed by atoms with Gasteiger partial charge in [0.05, 0.1) is 4.91 Å². The zero-order valence-corrected chi connectivity index (χ0v) is 11.1. The predicted molar refractivity (Wildman–Crippen MR) is 74.5 cm³/mol. The van der Waals surface area contributed by atoms with Crippen LogP contribution < -0.4 is 5.32 Å². The van der Waals surface area contributed by atoms with E-state index >= 15 is 0 Å². The second-order valence-corrected chi connectivity index (χ2v) is 5.39. The van der Waals surface area contributed by atoms with Crippen LogP contribution in [0.5, 0.6) is 0 Å². The van der Waals surface area contributed by atoms with Crippen LogP contribution >= 0.6 is 23.3 Å². The summed E-state index contributed by atoms with van der Waals surface area (Å²) < 4.78 is 3.81. The Bertz CT molecular complexity index is 663. The molecule has 94 valence electrons. The van der Waals surface area contributed by atoms with E-state index in [4.69, 9.17) is 0 Å². The largest absolute Gasteiger partial charge is 0.290 e. The van der Waals surface area contributed by atoms with Gasteiger partial charge in [-0.15, -0.1) is 5.10 Å². The summed E-state index contributed by atoms with van der Waals surface area (Å²) in [5, 5.41) is 7.74. The summed E-state index contributed by atoms with van der Waals surface area (Å²) >= 11 is 2.21. The highest BCUT2D eigenvalue weighted by molar-refractivity contribution is 8.18. The fraction of sp³-hybridized carbons (Fsp3) is 0. The number of thioether (sulfide) groups is 1. The third kappa shape index (κ3) is 2.56. The number of nitrogens with zero attached hydrogens (tertiary/aromatic N) is 2. The van der Waals surface area contributed by atoms with E-state index < -0.39 is 0 Å². The molecule has 0 radical (unpaired) electrons. The van der Waals surface area contributed by atoms with Gasteiger partial charge in [0.1, 0.15) is 5.69 Å². The molecule has 2 aromatic rings. The Hall–Kier alpha value is -1.99. The summed E-state index contributed by atoms with van der Waals surface area (Å²) in [6.45, 7) is 0. The second kappa shape index (κ2) is 4.94. The minimum absolute atomic E-state index is 0.332. The van der Waals surface area contributed by atoms with Crippen molar-refractivity contribution in [1.29, 1.82) is 0 Å². The minimum atomic E-state index is -0.345. The van der Waals surface area contributed by atoms with Gasteiger partial charge in [-0.2, -0.15) is 0 Å². The number of imide groups is 1. The number of benzene rings is 1. The van der Waals surface area contributed by atoms with Crippen molar-refractivity contribution >= 4 is 40.5 Å². The molecule has 19 heavy (non-hydrogen) atoms. The van der Waals surface area contributed by atoms with Crippen LogP contribution in [0.3, 0.4) is 0 Å². The Morgan fingerprint density at radius 3 is 2.53 bits per heavy atom. The van der Waals surface area contributed by atoms with Crippen LogP contribution in [-0.4, -0.2) is 20.7 Å². The molecule has 1 aromatic carbocycles. The number of nitrogens with one attached hydrogen (secondary N) is 1. The van der Waals surface area contributed by atoms with Crippen molar-refractivity contribution in [3.05, 3.63) is 40.1 Å². The third-order valence-corrected chi connectivity index (χ3v) is 3.82. The van der Waals surface area contributed by atoms with Crippen molar-refractivity contribution in [2.75, 3.05) is 0 Å². The predicted octanol–water partition coefficient (Wildman–Crippen LogP) is 2.53. The molecule has 3 rings (SSSR count). The van der Waals surface area contributed by atoms with Crippen molar-refractivity contribution in [3.63, 3.8) is 0 Å². The van der Waals surface area contributed by atoms with Gasteiger partial charge in [0, 0.05) is 10.9 Å². The first kappa shape index (κ1) is 12.1. The Labute approximate surface area is 116 Å². The molecule has 5 nitrogen and oxygen atoms in total. The van der Waals surface area contributed by atoms with E-state index in [1.54, 1.807) is 6.08 Å². The average Bonchev–Trinajstić information content (AvgIpc) is 3.01. The van der Waals surface area contributed by atoms with Gasteiger partial charge in [-0.1, -0.05) is 28.8 Å². The molecule has 2 amide bonds. The topological polar surface area (TPSA) is 72.0 Å². The highest BCUT2D eigenvalue weighted by Gasteiger charge is 2.24. The molecular weight excluding hydrogens is 282 g/mol. The van der Waals surface area contributed by atoms with Crippen LogP contribution in [-0.2, 0) is 4.79 Å². The SMILES string of the molecule is O=C1NC(=O)C(=Cc2ccc(-c3csnn3)cc2)S1. The lowest BCUT2D eigenvalue weighted by Crippen LogP contribution is -2.17. The maximum Gasteiger partial charge on any atom is 0.290 e. The van der Waals surface area contributed by atoms with E-state index in [2.05, 4.69) is 14.9 Å². The first-order chi connectivity index (χ1) is 9.22. The summed E-state index contributed by atoms with van der Waals surface area (Å²) in [7, 11) is 0. The number of rotatable bonds is 2. The molecule has 1 N–H and O–H groups in total. The van der Waals surface area contributed by atoms with Crippen LogP contribution in [0.25, 0.3) is 17.3 Å². The molecule has 1 aliphatic rings. The van der Waals surface area contributed by atoms with E-state index in [-0.39, 0.29) is 11.1 Å². The van der Waals surface area contributed by atoms with Gasteiger partial charge in [0.25, 0.3) is 11.1 Å².